The number of nitrogens with one attached hydrogen (secondary N) is 1. The molecular formula is C26H30N4O2. The van der Waals surface area contributed by atoms with Gasteiger partial charge >= 0.3 is 0 Å². The number of aromatic nitrogens is 3. The molecule has 3 aromatic rings. The SMILES string of the molecule is CCc1nc(Oc2cc(C)ccn2)c(CC)nc1N[C@@H]1c2ccccc2C[C@@H]1OC1CC1. The van der Waals surface area contributed by atoms with E-state index in [9.17, 15) is 0 Å². The number of pyridine rings is 1. The van der Waals surface area contributed by atoms with Crippen LogP contribution in [0.25, 0.3) is 0 Å². The van der Waals surface area contributed by atoms with Gasteiger partial charge in [-0.25, -0.2) is 15.0 Å². The molecule has 2 heterocycles. The molecule has 2 atom stereocenters. The Hall–Kier alpha value is -2.99. The number of hydrogen-bond acceptors (Lipinski definition) is 6. The summed E-state index contributed by atoms with van der Waals surface area (Å²) in [6.45, 7) is 6.18. The number of benzene rings is 1. The Balaban J connectivity index is 1.46. The smallest absolute Gasteiger partial charge is 0.243 e. The maximum atomic E-state index is 6.39. The number of hydrogen-bond donors (Lipinski definition) is 1. The molecule has 32 heavy (non-hydrogen) atoms. The fourth-order valence-corrected chi connectivity index (χ4v) is 4.28. The van der Waals surface area contributed by atoms with E-state index in [4.69, 9.17) is 19.4 Å². The normalized spacial score (nSPS) is 19.6. The van der Waals surface area contributed by atoms with Gasteiger partial charge < -0.3 is 14.8 Å². The van der Waals surface area contributed by atoms with Crippen molar-refractivity contribution >= 4 is 5.82 Å². The van der Waals surface area contributed by atoms with Crippen LogP contribution in [0.15, 0.2) is 42.6 Å². The zero-order chi connectivity index (χ0) is 22.1. The van der Waals surface area contributed by atoms with E-state index >= 15 is 0 Å². The van der Waals surface area contributed by atoms with Gasteiger partial charge in [0.25, 0.3) is 0 Å². The second kappa shape index (κ2) is 8.87. The second-order valence-corrected chi connectivity index (χ2v) is 8.65. The lowest BCUT2D eigenvalue weighted by molar-refractivity contribution is 0.0349. The minimum absolute atomic E-state index is 0.0707. The Morgan fingerprint density at radius 2 is 1.84 bits per heavy atom. The van der Waals surface area contributed by atoms with Crippen LogP contribution in [0.1, 0.15) is 60.8 Å². The molecule has 1 N–H and O–H groups in total. The Morgan fingerprint density at radius 3 is 2.59 bits per heavy atom. The van der Waals surface area contributed by atoms with Gasteiger partial charge in [-0.05, 0) is 55.4 Å². The lowest BCUT2D eigenvalue weighted by atomic mass is 10.1. The van der Waals surface area contributed by atoms with Crippen LogP contribution >= 0.6 is 0 Å². The zero-order valence-corrected chi connectivity index (χ0v) is 19.0. The average Bonchev–Trinajstić information content (AvgIpc) is 3.55. The summed E-state index contributed by atoms with van der Waals surface area (Å²) in [7, 11) is 0. The van der Waals surface area contributed by atoms with Gasteiger partial charge in [0.05, 0.1) is 23.9 Å². The molecule has 2 aliphatic rings. The van der Waals surface area contributed by atoms with E-state index < -0.39 is 0 Å². The first-order valence-electron chi connectivity index (χ1n) is 11.6. The number of rotatable bonds is 8. The number of anilines is 1. The Labute approximate surface area is 189 Å². The van der Waals surface area contributed by atoms with Crippen LogP contribution in [0, 0.1) is 6.92 Å². The van der Waals surface area contributed by atoms with Gasteiger partial charge in [0, 0.05) is 18.7 Å². The van der Waals surface area contributed by atoms with E-state index in [2.05, 4.69) is 48.4 Å². The Kier molecular flexibility index (Phi) is 5.79. The van der Waals surface area contributed by atoms with Gasteiger partial charge in [0.15, 0.2) is 0 Å². The number of aryl methyl sites for hydroxylation is 3. The highest BCUT2D eigenvalue weighted by Gasteiger charge is 2.38. The van der Waals surface area contributed by atoms with Crippen molar-refractivity contribution in [2.75, 3.05) is 5.32 Å². The molecule has 0 saturated heterocycles. The molecular weight excluding hydrogens is 400 g/mol. The van der Waals surface area contributed by atoms with Crippen LogP contribution in [-0.2, 0) is 24.0 Å². The topological polar surface area (TPSA) is 69.2 Å². The molecule has 0 radical (unpaired) electrons. The van der Waals surface area contributed by atoms with Crippen molar-refractivity contribution in [3.63, 3.8) is 0 Å². The molecule has 0 unspecified atom stereocenters. The minimum atomic E-state index is 0.0707. The summed E-state index contributed by atoms with van der Waals surface area (Å²) in [6, 6.07) is 12.5. The quantitative estimate of drug-likeness (QED) is 0.519. The molecule has 0 spiro atoms. The molecule has 1 saturated carbocycles. The summed E-state index contributed by atoms with van der Waals surface area (Å²) in [4.78, 5) is 14.1. The first-order chi connectivity index (χ1) is 15.6. The van der Waals surface area contributed by atoms with E-state index in [1.165, 1.54) is 24.0 Å². The van der Waals surface area contributed by atoms with Crippen LogP contribution in [0.4, 0.5) is 5.82 Å². The third-order valence-electron chi connectivity index (χ3n) is 6.13. The summed E-state index contributed by atoms with van der Waals surface area (Å²) in [5, 5.41) is 3.70. The van der Waals surface area contributed by atoms with Crippen LogP contribution in [0.5, 0.6) is 11.8 Å². The molecule has 1 aromatic carbocycles. The van der Waals surface area contributed by atoms with E-state index in [-0.39, 0.29) is 12.1 Å². The van der Waals surface area contributed by atoms with E-state index in [0.29, 0.717) is 17.9 Å². The van der Waals surface area contributed by atoms with Gasteiger partial charge in [0.1, 0.15) is 11.5 Å². The third-order valence-corrected chi connectivity index (χ3v) is 6.13. The fraction of sp³-hybridized carbons (Fsp3) is 0.423. The highest BCUT2D eigenvalue weighted by atomic mass is 16.5. The van der Waals surface area contributed by atoms with Gasteiger partial charge in [-0.3, -0.25) is 0 Å². The fourth-order valence-electron chi connectivity index (χ4n) is 4.28. The molecule has 0 aliphatic heterocycles. The first-order valence-corrected chi connectivity index (χ1v) is 11.6. The number of ether oxygens (including phenoxy) is 2. The van der Waals surface area contributed by atoms with Crippen molar-refractivity contribution in [2.24, 2.45) is 0 Å². The number of fused-ring (bicyclic) bond motifs is 1. The van der Waals surface area contributed by atoms with Crippen molar-refractivity contribution in [2.45, 2.75) is 71.1 Å². The molecule has 166 valence electrons. The zero-order valence-electron chi connectivity index (χ0n) is 19.0. The lowest BCUT2D eigenvalue weighted by Gasteiger charge is -2.24. The second-order valence-electron chi connectivity index (χ2n) is 8.65. The average molecular weight is 431 g/mol. The Morgan fingerprint density at radius 1 is 1.03 bits per heavy atom. The predicted molar refractivity (Wildman–Crippen MR) is 124 cm³/mol. The molecule has 1 fully saturated rings. The summed E-state index contributed by atoms with van der Waals surface area (Å²) in [6.07, 6.45) is 6.99. The maximum absolute atomic E-state index is 6.39. The first kappa shape index (κ1) is 20.9. The third kappa shape index (κ3) is 4.32. The van der Waals surface area contributed by atoms with Crippen LogP contribution in [0.2, 0.25) is 0 Å². The molecule has 0 bridgehead atoms. The maximum Gasteiger partial charge on any atom is 0.243 e. The van der Waals surface area contributed by atoms with Gasteiger partial charge in [-0.15, -0.1) is 0 Å². The van der Waals surface area contributed by atoms with Crippen molar-refractivity contribution in [3.8, 4) is 11.8 Å². The minimum Gasteiger partial charge on any atom is -0.419 e. The number of nitrogens with zero attached hydrogens (tertiary/aromatic N) is 3. The van der Waals surface area contributed by atoms with E-state index in [1.54, 1.807) is 6.20 Å². The molecule has 5 rings (SSSR count). The highest BCUT2D eigenvalue weighted by molar-refractivity contribution is 5.50. The lowest BCUT2D eigenvalue weighted by Crippen LogP contribution is -2.27. The highest BCUT2D eigenvalue weighted by Crippen LogP contribution is 2.40. The molecule has 6 heteroatoms. The molecule has 2 aliphatic carbocycles. The Bertz CT molecular complexity index is 1110. The van der Waals surface area contributed by atoms with Crippen LogP contribution < -0.4 is 10.1 Å². The van der Waals surface area contributed by atoms with Crippen LogP contribution in [-0.4, -0.2) is 27.2 Å². The van der Waals surface area contributed by atoms with E-state index in [1.807, 2.05) is 19.1 Å². The summed E-state index contributed by atoms with van der Waals surface area (Å²) < 4.78 is 12.4. The molecule has 2 aromatic heterocycles. The van der Waals surface area contributed by atoms with Gasteiger partial charge in [0.2, 0.25) is 11.8 Å². The summed E-state index contributed by atoms with van der Waals surface area (Å²) in [5.41, 5.74) is 5.45. The van der Waals surface area contributed by atoms with Gasteiger partial charge in [-0.1, -0.05) is 38.1 Å². The molecule has 6 nitrogen and oxygen atoms in total. The van der Waals surface area contributed by atoms with Crippen molar-refractivity contribution in [1.29, 1.82) is 0 Å². The summed E-state index contributed by atoms with van der Waals surface area (Å²) >= 11 is 0. The van der Waals surface area contributed by atoms with Crippen LogP contribution in [0.3, 0.4) is 0 Å². The van der Waals surface area contributed by atoms with Gasteiger partial charge in [-0.2, -0.15) is 0 Å². The van der Waals surface area contributed by atoms with Crippen molar-refractivity contribution in [1.82, 2.24) is 15.0 Å². The summed E-state index contributed by atoms with van der Waals surface area (Å²) in [5.74, 6) is 1.89. The van der Waals surface area contributed by atoms with Crippen molar-refractivity contribution < 1.29 is 9.47 Å². The molecule has 0 amide bonds. The van der Waals surface area contributed by atoms with Crippen molar-refractivity contribution in [3.05, 3.63) is 70.7 Å². The van der Waals surface area contributed by atoms with E-state index in [0.717, 1.165) is 42.0 Å². The largest absolute Gasteiger partial charge is 0.419 e. The predicted octanol–water partition coefficient (Wildman–Crippen LogP) is 5.35. The standard InChI is InChI=1S/C26H30N4O2/c1-4-20-25(28-21(5-2)26(29-20)32-23-14-16(3)12-13-27-23)30-24-19-9-7-6-8-17(19)15-22(24)31-18-10-11-18/h6-9,12-14,18,22,24H,4-5,10-11,15H2,1-3H3,(H,28,30)/t22-,24+/m0/s1. The monoisotopic (exact) mass is 430 g/mol.